The number of carbonyl (C=O) groups is 1. The number of methoxy groups -OCH3 is 1. The molecule has 0 amide bonds. The van der Waals surface area contributed by atoms with Gasteiger partial charge in [-0.05, 0) is 6.07 Å². The molecule has 0 saturated heterocycles. The molecule has 0 radical (unpaired) electrons. The lowest BCUT2D eigenvalue weighted by atomic mass is 10.2. The highest BCUT2D eigenvalue weighted by Crippen LogP contribution is 2.15. The van der Waals surface area contributed by atoms with Crippen LogP contribution < -0.4 is 5.56 Å². The standard InChI is InChI=1S/C9H7NO4/c1-13-9(12)6-4-10-8(11)5-2-3-14-7(5)6/h2-4H,1H3,(H,10,11). The van der Waals surface area contributed by atoms with Crippen molar-refractivity contribution >= 4 is 16.9 Å². The van der Waals surface area contributed by atoms with Crippen molar-refractivity contribution in [3.8, 4) is 0 Å². The van der Waals surface area contributed by atoms with Crippen LogP contribution in [0.4, 0.5) is 0 Å². The van der Waals surface area contributed by atoms with Gasteiger partial charge in [0.2, 0.25) is 0 Å². The summed E-state index contributed by atoms with van der Waals surface area (Å²) in [5, 5.41) is 0.341. The molecular weight excluding hydrogens is 186 g/mol. The van der Waals surface area contributed by atoms with Gasteiger partial charge in [0.15, 0.2) is 5.58 Å². The Hall–Kier alpha value is -2.04. The molecule has 0 saturated carbocycles. The number of carbonyl (C=O) groups excluding carboxylic acids is 1. The Morgan fingerprint density at radius 1 is 1.57 bits per heavy atom. The average Bonchev–Trinajstić information content (AvgIpc) is 2.67. The van der Waals surface area contributed by atoms with E-state index in [1.807, 2.05) is 0 Å². The van der Waals surface area contributed by atoms with Gasteiger partial charge in [-0.15, -0.1) is 0 Å². The summed E-state index contributed by atoms with van der Waals surface area (Å²) in [5.41, 5.74) is 0.175. The smallest absolute Gasteiger partial charge is 0.343 e. The third-order valence-corrected chi connectivity index (χ3v) is 1.91. The summed E-state index contributed by atoms with van der Waals surface area (Å²) in [6.07, 6.45) is 2.63. The molecule has 0 bridgehead atoms. The SMILES string of the molecule is COC(=O)c1c[nH]c(=O)c2ccoc12. The number of aromatic nitrogens is 1. The Morgan fingerprint density at radius 2 is 2.36 bits per heavy atom. The molecule has 0 unspecified atom stereocenters. The number of aromatic amines is 1. The van der Waals surface area contributed by atoms with Crippen molar-refractivity contribution in [3.05, 3.63) is 34.4 Å². The van der Waals surface area contributed by atoms with Gasteiger partial charge >= 0.3 is 5.97 Å². The molecule has 0 fully saturated rings. The predicted molar refractivity (Wildman–Crippen MR) is 48.2 cm³/mol. The number of hydrogen-bond donors (Lipinski definition) is 1. The highest BCUT2D eigenvalue weighted by molar-refractivity contribution is 6.01. The van der Waals surface area contributed by atoms with Gasteiger partial charge < -0.3 is 14.1 Å². The van der Waals surface area contributed by atoms with E-state index in [2.05, 4.69) is 9.72 Å². The van der Waals surface area contributed by atoms with Crippen LogP contribution in [-0.2, 0) is 4.74 Å². The van der Waals surface area contributed by atoms with Gasteiger partial charge in [0.05, 0.1) is 18.8 Å². The first-order valence-electron chi connectivity index (χ1n) is 3.91. The molecule has 2 heterocycles. The second kappa shape index (κ2) is 3.02. The van der Waals surface area contributed by atoms with Crippen LogP contribution in [0.15, 0.2) is 27.7 Å². The van der Waals surface area contributed by atoms with Crippen molar-refractivity contribution in [1.82, 2.24) is 4.98 Å². The van der Waals surface area contributed by atoms with Crippen molar-refractivity contribution in [2.24, 2.45) is 0 Å². The lowest BCUT2D eigenvalue weighted by Crippen LogP contribution is -2.09. The fourth-order valence-corrected chi connectivity index (χ4v) is 1.24. The van der Waals surface area contributed by atoms with E-state index in [0.29, 0.717) is 5.39 Å². The first-order chi connectivity index (χ1) is 6.74. The topological polar surface area (TPSA) is 72.3 Å². The maximum atomic E-state index is 11.2. The number of nitrogens with one attached hydrogen (secondary N) is 1. The van der Waals surface area contributed by atoms with Crippen LogP contribution in [0.5, 0.6) is 0 Å². The second-order valence-electron chi connectivity index (χ2n) is 2.69. The largest absolute Gasteiger partial charge is 0.465 e. The van der Waals surface area contributed by atoms with Gasteiger partial charge in [0, 0.05) is 6.20 Å². The fraction of sp³-hybridized carbons (Fsp3) is 0.111. The summed E-state index contributed by atoms with van der Waals surface area (Å²) in [4.78, 5) is 24.9. The highest BCUT2D eigenvalue weighted by Gasteiger charge is 2.14. The first kappa shape index (κ1) is 8.55. The number of furan rings is 1. The summed E-state index contributed by atoms with van der Waals surface area (Å²) in [7, 11) is 1.27. The van der Waals surface area contributed by atoms with E-state index in [9.17, 15) is 9.59 Å². The lowest BCUT2D eigenvalue weighted by molar-refractivity contribution is 0.0601. The van der Waals surface area contributed by atoms with Crippen LogP contribution >= 0.6 is 0 Å². The van der Waals surface area contributed by atoms with E-state index in [4.69, 9.17) is 4.42 Å². The maximum absolute atomic E-state index is 11.2. The molecule has 1 N–H and O–H groups in total. The molecule has 0 aliphatic carbocycles. The highest BCUT2D eigenvalue weighted by atomic mass is 16.5. The van der Waals surface area contributed by atoms with Crippen LogP contribution in [0, 0.1) is 0 Å². The summed E-state index contributed by atoms with van der Waals surface area (Å²) >= 11 is 0. The Bertz CT molecular complexity index is 537. The van der Waals surface area contributed by atoms with Gasteiger partial charge in [0.1, 0.15) is 5.56 Å². The minimum Gasteiger partial charge on any atom is -0.465 e. The van der Waals surface area contributed by atoms with E-state index in [1.165, 1.54) is 25.6 Å². The van der Waals surface area contributed by atoms with E-state index >= 15 is 0 Å². The second-order valence-corrected chi connectivity index (χ2v) is 2.69. The normalized spacial score (nSPS) is 10.4. The number of hydrogen-bond acceptors (Lipinski definition) is 4. The van der Waals surface area contributed by atoms with Gasteiger partial charge in [-0.25, -0.2) is 4.79 Å². The van der Waals surface area contributed by atoms with E-state index in [0.717, 1.165) is 0 Å². The Kier molecular flexibility index (Phi) is 1.85. The van der Waals surface area contributed by atoms with Crippen LogP contribution in [-0.4, -0.2) is 18.1 Å². The van der Waals surface area contributed by atoms with Crippen molar-refractivity contribution < 1.29 is 13.9 Å². The summed E-state index contributed by atoms with van der Waals surface area (Å²) in [6, 6.07) is 1.50. The van der Waals surface area contributed by atoms with Crippen molar-refractivity contribution in [2.45, 2.75) is 0 Å². The molecule has 0 aliphatic heterocycles. The minimum atomic E-state index is -0.541. The lowest BCUT2D eigenvalue weighted by Gasteiger charge is -1.98. The molecule has 0 aliphatic rings. The third-order valence-electron chi connectivity index (χ3n) is 1.91. The molecule has 0 atom stereocenters. The molecule has 2 aromatic heterocycles. The molecule has 14 heavy (non-hydrogen) atoms. The molecule has 0 spiro atoms. The number of rotatable bonds is 1. The molecule has 0 aromatic carbocycles. The zero-order valence-electron chi connectivity index (χ0n) is 7.37. The monoisotopic (exact) mass is 193 g/mol. The molecule has 5 heteroatoms. The molecular formula is C9H7NO4. The zero-order valence-corrected chi connectivity index (χ0v) is 7.37. The van der Waals surface area contributed by atoms with E-state index in [-0.39, 0.29) is 16.7 Å². The quantitative estimate of drug-likeness (QED) is 0.683. The number of ether oxygens (including phenoxy) is 1. The maximum Gasteiger partial charge on any atom is 0.343 e. The first-order valence-corrected chi connectivity index (χ1v) is 3.91. The Labute approximate surface area is 78.3 Å². The van der Waals surface area contributed by atoms with Crippen molar-refractivity contribution in [2.75, 3.05) is 7.11 Å². The Morgan fingerprint density at radius 3 is 3.07 bits per heavy atom. The molecule has 5 nitrogen and oxygen atoms in total. The summed E-state index contributed by atoms with van der Waals surface area (Å²) < 4.78 is 9.56. The minimum absolute atomic E-state index is 0.215. The zero-order chi connectivity index (χ0) is 10.1. The van der Waals surface area contributed by atoms with Crippen molar-refractivity contribution in [1.29, 1.82) is 0 Å². The Balaban J connectivity index is 2.79. The number of H-pyrrole nitrogens is 1. The van der Waals surface area contributed by atoms with Gasteiger partial charge in [0.25, 0.3) is 5.56 Å². The van der Waals surface area contributed by atoms with Gasteiger partial charge in [-0.3, -0.25) is 4.79 Å². The molecule has 2 rings (SSSR count). The fourth-order valence-electron chi connectivity index (χ4n) is 1.24. The third kappa shape index (κ3) is 1.10. The average molecular weight is 193 g/mol. The van der Waals surface area contributed by atoms with Crippen LogP contribution in [0.2, 0.25) is 0 Å². The van der Waals surface area contributed by atoms with Crippen molar-refractivity contribution in [3.63, 3.8) is 0 Å². The van der Waals surface area contributed by atoms with Gasteiger partial charge in [-0.2, -0.15) is 0 Å². The molecule has 72 valence electrons. The van der Waals surface area contributed by atoms with E-state index in [1.54, 1.807) is 0 Å². The number of fused-ring (bicyclic) bond motifs is 1. The summed E-state index contributed by atoms with van der Waals surface area (Å²) in [6.45, 7) is 0. The molecule has 2 aromatic rings. The summed E-state index contributed by atoms with van der Waals surface area (Å²) in [5.74, 6) is -0.541. The van der Waals surface area contributed by atoms with Gasteiger partial charge in [-0.1, -0.05) is 0 Å². The predicted octanol–water partition coefficient (Wildman–Crippen LogP) is 0.908. The van der Waals surface area contributed by atoms with Crippen LogP contribution in [0.3, 0.4) is 0 Å². The van der Waals surface area contributed by atoms with Crippen LogP contribution in [0.25, 0.3) is 11.0 Å². The van der Waals surface area contributed by atoms with E-state index < -0.39 is 5.97 Å². The number of esters is 1. The van der Waals surface area contributed by atoms with Crippen LogP contribution in [0.1, 0.15) is 10.4 Å². The number of pyridine rings is 1.